The summed E-state index contributed by atoms with van der Waals surface area (Å²) in [6.45, 7) is -0.190. The van der Waals surface area contributed by atoms with Crippen LogP contribution in [-0.4, -0.2) is 37.0 Å². The second kappa shape index (κ2) is 6.35. The van der Waals surface area contributed by atoms with Crippen LogP contribution in [-0.2, 0) is 0 Å². The van der Waals surface area contributed by atoms with Gasteiger partial charge in [-0.3, -0.25) is 20.2 Å². The van der Waals surface area contributed by atoms with Gasteiger partial charge in [0.25, 0.3) is 6.04 Å². The molecule has 0 saturated carbocycles. The Morgan fingerprint density at radius 2 is 2.00 bits per heavy atom. The van der Waals surface area contributed by atoms with Crippen LogP contribution in [0, 0.1) is 20.2 Å². The lowest BCUT2D eigenvalue weighted by atomic mass is 10.1. The van der Waals surface area contributed by atoms with Crippen molar-refractivity contribution in [1.82, 2.24) is 20.6 Å². The fraction of sp³-hybridized carbons (Fsp3) is 0.714. The maximum absolute atomic E-state index is 10.8. The third kappa shape index (κ3) is 4.40. The summed E-state index contributed by atoms with van der Waals surface area (Å²) in [4.78, 5) is 19.9. The summed E-state index contributed by atoms with van der Waals surface area (Å²) in [5.74, 6) is 0. The Morgan fingerprint density at radius 1 is 1.24 bits per heavy atom. The van der Waals surface area contributed by atoms with E-state index in [9.17, 15) is 20.2 Å². The van der Waals surface area contributed by atoms with E-state index in [1.54, 1.807) is 0 Å². The highest BCUT2D eigenvalue weighted by Gasteiger charge is 2.24. The van der Waals surface area contributed by atoms with Crippen LogP contribution >= 0.6 is 0 Å². The molecule has 92 valence electrons. The second-order valence-corrected chi connectivity index (χ2v) is 3.30. The van der Waals surface area contributed by atoms with Gasteiger partial charge in [0.15, 0.2) is 5.69 Å². The van der Waals surface area contributed by atoms with Gasteiger partial charge in [0.05, 0.1) is 6.20 Å². The molecule has 0 amide bonds. The van der Waals surface area contributed by atoms with Crippen LogP contribution in [0.15, 0.2) is 6.20 Å². The van der Waals surface area contributed by atoms with Crippen LogP contribution in [0.4, 0.5) is 0 Å². The van der Waals surface area contributed by atoms with E-state index in [0.29, 0.717) is 12.8 Å². The molecule has 0 spiro atoms. The van der Waals surface area contributed by atoms with Gasteiger partial charge in [0, 0.05) is 22.7 Å². The predicted molar refractivity (Wildman–Crippen MR) is 53.1 cm³/mol. The molecule has 10 nitrogen and oxygen atoms in total. The molecular formula is C7H10N6O4. The van der Waals surface area contributed by atoms with Crippen LogP contribution < -0.4 is 0 Å². The standard InChI is InChI=1S/C7H10N6O4/c14-12(15)4-2-1-3-7(13(16)17)6-5-8-10-11-9-6/h5,7H,1-4H2. The van der Waals surface area contributed by atoms with Crippen LogP contribution in [0.25, 0.3) is 0 Å². The summed E-state index contributed by atoms with van der Waals surface area (Å²) in [6.07, 6.45) is 2.01. The molecule has 1 heterocycles. The van der Waals surface area contributed by atoms with E-state index in [1.807, 2.05) is 0 Å². The Hall–Kier alpha value is -2.26. The summed E-state index contributed by atoms with van der Waals surface area (Å²) in [5, 5.41) is 34.2. The van der Waals surface area contributed by atoms with Gasteiger partial charge in [-0.1, -0.05) is 0 Å². The van der Waals surface area contributed by atoms with Gasteiger partial charge in [0.1, 0.15) is 0 Å². The van der Waals surface area contributed by atoms with Crippen molar-refractivity contribution in [3.8, 4) is 0 Å². The molecule has 1 atom stereocenters. The highest BCUT2D eigenvalue weighted by atomic mass is 16.6. The van der Waals surface area contributed by atoms with Crippen LogP contribution in [0.5, 0.6) is 0 Å². The SMILES string of the molecule is O=[N+]([O-])CCCCC(c1cnnnn1)[N+](=O)[O-]. The molecule has 0 aromatic carbocycles. The van der Waals surface area contributed by atoms with Gasteiger partial charge in [-0.25, -0.2) is 0 Å². The van der Waals surface area contributed by atoms with Crippen molar-refractivity contribution >= 4 is 0 Å². The Balaban J connectivity index is 2.51. The third-order valence-electron chi connectivity index (χ3n) is 2.11. The maximum Gasteiger partial charge on any atom is 0.258 e. The second-order valence-electron chi connectivity index (χ2n) is 3.30. The largest absolute Gasteiger partial charge is 0.265 e. The van der Waals surface area contributed by atoms with Crippen molar-refractivity contribution in [2.45, 2.75) is 25.3 Å². The molecule has 0 radical (unpaired) electrons. The van der Waals surface area contributed by atoms with Crippen molar-refractivity contribution in [2.24, 2.45) is 0 Å². The van der Waals surface area contributed by atoms with Gasteiger partial charge in [-0.15, -0.1) is 10.2 Å². The highest BCUT2D eigenvalue weighted by Crippen LogP contribution is 2.19. The first-order valence-electron chi connectivity index (χ1n) is 4.87. The zero-order chi connectivity index (χ0) is 12.7. The Labute approximate surface area is 95.3 Å². The fourth-order valence-electron chi connectivity index (χ4n) is 1.30. The molecular weight excluding hydrogens is 232 g/mol. The molecule has 1 rings (SSSR count). The van der Waals surface area contributed by atoms with E-state index >= 15 is 0 Å². The summed E-state index contributed by atoms with van der Waals surface area (Å²) >= 11 is 0. The van der Waals surface area contributed by atoms with E-state index in [1.165, 1.54) is 6.20 Å². The average Bonchev–Trinajstić information content (AvgIpc) is 2.29. The molecule has 10 heteroatoms. The van der Waals surface area contributed by atoms with E-state index in [0.717, 1.165) is 0 Å². The number of unbranched alkanes of at least 4 members (excludes halogenated alkanes) is 1. The molecule has 1 unspecified atom stereocenters. The van der Waals surface area contributed by atoms with Gasteiger partial charge < -0.3 is 0 Å². The summed E-state index contributed by atoms with van der Waals surface area (Å²) in [7, 11) is 0. The lowest BCUT2D eigenvalue weighted by Crippen LogP contribution is -2.14. The Morgan fingerprint density at radius 3 is 2.53 bits per heavy atom. The van der Waals surface area contributed by atoms with E-state index in [4.69, 9.17) is 0 Å². The van der Waals surface area contributed by atoms with Crippen molar-refractivity contribution in [2.75, 3.05) is 6.54 Å². The van der Waals surface area contributed by atoms with Crippen molar-refractivity contribution in [1.29, 1.82) is 0 Å². The summed E-state index contributed by atoms with van der Waals surface area (Å²) < 4.78 is 0. The minimum Gasteiger partial charge on any atom is -0.265 e. The monoisotopic (exact) mass is 242 g/mol. The zero-order valence-corrected chi connectivity index (χ0v) is 8.80. The Bertz CT molecular complexity index is 385. The van der Waals surface area contributed by atoms with Gasteiger partial charge in [-0.2, -0.15) is 0 Å². The van der Waals surface area contributed by atoms with Gasteiger partial charge in [0.2, 0.25) is 6.54 Å². The minimum absolute atomic E-state index is 0.117. The lowest BCUT2D eigenvalue weighted by Gasteiger charge is -2.06. The quantitative estimate of drug-likeness (QED) is 0.370. The van der Waals surface area contributed by atoms with Crippen LogP contribution in [0.2, 0.25) is 0 Å². The number of nitro groups is 2. The first-order valence-corrected chi connectivity index (χ1v) is 4.87. The smallest absolute Gasteiger partial charge is 0.258 e. The molecule has 0 aliphatic rings. The summed E-state index contributed by atoms with van der Waals surface area (Å²) in [5.41, 5.74) is 0.117. The topological polar surface area (TPSA) is 138 Å². The molecule has 0 aliphatic heterocycles. The molecule has 0 bridgehead atoms. The Kier molecular flexibility index (Phi) is 4.78. The normalized spacial score (nSPS) is 12.0. The van der Waals surface area contributed by atoms with Crippen molar-refractivity contribution in [3.05, 3.63) is 32.1 Å². The number of nitrogens with zero attached hydrogens (tertiary/aromatic N) is 6. The van der Waals surface area contributed by atoms with E-state index in [2.05, 4.69) is 20.6 Å². The highest BCUT2D eigenvalue weighted by molar-refractivity contribution is 4.94. The number of hydrogen-bond acceptors (Lipinski definition) is 8. The number of rotatable bonds is 7. The molecule has 0 aliphatic carbocycles. The van der Waals surface area contributed by atoms with Gasteiger partial charge >= 0.3 is 0 Å². The third-order valence-corrected chi connectivity index (χ3v) is 2.11. The van der Waals surface area contributed by atoms with E-state index in [-0.39, 0.29) is 18.7 Å². The number of aromatic nitrogens is 4. The summed E-state index contributed by atoms with van der Waals surface area (Å²) in [6, 6.07) is -1.04. The van der Waals surface area contributed by atoms with Gasteiger partial charge in [-0.05, 0) is 16.8 Å². The molecule has 0 N–H and O–H groups in total. The fourth-order valence-corrected chi connectivity index (χ4v) is 1.30. The molecule has 1 aromatic rings. The first-order chi connectivity index (χ1) is 8.11. The predicted octanol–water partition coefficient (Wildman–Crippen LogP) is 0.0314. The van der Waals surface area contributed by atoms with Crippen LogP contribution in [0.3, 0.4) is 0 Å². The van der Waals surface area contributed by atoms with Crippen LogP contribution in [0.1, 0.15) is 31.0 Å². The molecule has 1 aromatic heterocycles. The molecule has 17 heavy (non-hydrogen) atoms. The van der Waals surface area contributed by atoms with Crippen molar-refractivity contribution < 1.29 is 9.85 Å². The minimum atomic E-state index is -1.04. The molecule has 0 fully saturated rings. The average molecular weight is 242 g/mol. The lowest BCUT2D eigenvalue weighted by molar-refractivity contribution is -0.531. The maximum atomic E-state index is 10.8. The zero-order valence-electron chi connectivity index (χ0n) is 8.80. The number of hydrogen-bond donors (Lipinski definition) is 0. The van der Waals surface area contributed by atoms with E-state index < -0.39 is 15.9 Å². The first kappa shape index (κ1) is 12.8. The molecule has 0 saturated heterocycles. The van der Waals surface area contributed by atoms with Crippen molar-refractivity contribution in [3.63, 3.8) is 0 Å².